The minimum atomic E-state index is -0.931. The van der Waals surface area contributed by atoms with Crippen LogP contribution in [0.1, 0.15) is 32.1 Å². The smallest absolute Gasteiger partial charge is 0.271 e. The molecule has 0 aliphatic rings. The largest absolute Gasteiger partial charge is 0.348 e. The molecular formula is C19H15F2N5O2. The van der Waals surface area contributed by atoms with Gasteiger partial charge >= 0.3 is 0 Å². The molecule has 0 bridgehead atoms. The van der Waals surface area contributed by atoms with E-state index in [9.17, 15) is 18.4 Å². The van der Waals surface area contributed by atoms with Crippen LogP contribution in [0, 0.1) is 11.6 Å². The number of hydrogen-bond acceptors (Lipinski definition) is 5. The molecule has 0 unspecified atom stereocenters. The highest BCUT2D eigenvalue weighted by Crippen LogP contribution is 2.10. The molecule has 142 valence electrons. The third-order valence-electron chi connectivity index (χ3n) is 3.74. The predicted molar refractivity (Wildman–Crippen MR) is 95.0 cm³/mol. The average molecular weight is 383 g/mol. The lowest BCUT2D eigenvalue weighted by atomic mass is 10.1. The van der Waals surface area contributed by atoms with Gasteiger partial charge in [-0.05, 0) is 29.8 Å². The Labute approximate surface area is 158 Å². The van der Waals surface area contributed by atoms with Crippen molar-refractivity contribution in [2.75, 3.05) is 0 Å². The first kappa shape index (κ1) is 19.0. The lowest BCUT2D eigenvalue weighted by molar-refractivity contribution is 0.0938. The average Bonchev–Trinajstić information content (AvgIpc) is 2.71. The Morgan fingerprint density at radius 3 is 2.46 bits per heavy atom. The van der Waals surface area contributed by atoms with Crippen molar-refractivity contribution in [2.45, 2.75) is 13.1 Å². The van der Waals surface area contributed by atoms with Gasteiger partial charge in [0.2, 0.25) is 0 Å². The SMILES string of the molecule is O=C(NCc1cc(CNC(=O)c2ccc(F)cc2F)ccn1)c1cnccn1. The maximum atomic E-state index is 13.6. The van der Waals surface area contributed by atoms with E-state index in [0.717, 1.165) is 12.1 Å². The summed E-state index contributed by atoms with van der Waals surface area (Å²) in [5.41, 5.74) is 1.21. The fourth-order valence-corrected chi connectivity index (χ4v) is 2.36. The molecule has 9 heteroatoms. The minimum absolute atomic E-state index is 0.114. The quantitative estimate of drug-likeness (QED) is 0.679. The number of nitrogens with one attached hydrogen (secondary N) is 2. The molecule has 0 radical (unpaired) electrons. The summed E-state index contributed by atoms with van der Waals surface area (Å²) in [5, 5.41) is 5.23. The summed E-state index contributed by atoms with van der Waals surface area (Å²) in [6.45, 7) is 0.271. The summed E-state index contributed by atoms with van der Waals surface area (Å²) in [6, 6.07) is 6.12. The van der Waals surface area contributed by atoms with E-state index >= 15 is 0 Å². The van der Waals surface area contributed by atoms with Gasteiger partial charge in [0.15, 0.2) is 0 Å². The zero-order chi connectivity index (χ0) is 19.9. The van der Waals surface area contributed by atoms with E-state index in [0.29, 0.717) is 17.3 Å². The molecule has 0 saturated heterocycles. The van der Waals surface area contributed by atoms with Crippen molar-refractivity contribution in [3.05, 3.63) is 89.3 Å². The maximum Gasteiger partial charge on any atom is 0.271 e. The third-order valence-corrected chi connectivity index (χ3v) is 3.74. The topological polar surface area (TPSA) is 96.9 Å². The van der Waals surface area contributed by atoms with Gasteiger partial charge in [0.25, 0.3) is 11.8 Å². The number of hydrogen-bond donors (Lipinski definition) is 2. The second-order valence-corrected chi connectivity index (χ2v) is 5.74. The monoisotopic (exact) mass is 383 g/mol. The number of carbonyl (C=O) groups is 2. The normalized spacial score (nSPS) is 10.4. The second-order valence-electron chi connectivity index (χ2n) is 5.74. The maximum absolute atomic E-state index is 13.6. The van der Waals surface area contributed by atoms with E-state index in [4.69, 9.17) is 0 Å². The van der Waals surface area contributed by atoms with Gasteiger partial charge in [0, 0.05) is 31.2 Å². The van der Waals surface area contributed by atoms with Crippen molar-refractivity contribution >= 4 is 11.8 Å². The summed E-state index contributed by atoms with van der Waals surface area (Å²) in [4.78, 5) is 35.9. The van der Waals surface area contributed by atoms with Crippen LogP contribution in [-0.4, -0.2) is 26.8 Å². The minimum Gasteiger partial charge on any atom is -0.348 e. The first-order valence-corrected chi connectivity index (χ1v) is 8.24. The number of carbonyl (C=O) groups excluding carboxylic acids is 2. The van der Waals surface area contributed by atoms with Crippen molar-refractivity contribution in [3.8, 4) is 0 Å². The van der Waals surface area contributed by atoms with Crippen LogP contribution in [0.4, 0.5) is 8.78 Å². The molecule has 3 rings (SSSR count). The number of rotatable bonds is 6. The van der Waals surface area contributed by atoms with Crippen molar-refractivity contribution in [1.29, 1.82) is 0 Å². The first-order chi connectivity index (χ1) is 13.5. The highest BCUT2D eigenvalue weighted by atomic mass is 19.1. The highest BCUT2D eigenvalue weighted by molar-refractivity contribution is 5.94. The van der Waals surface area contributed by atoms with Gasteiger partial charge < -0.3 is 10.6 Å². The zero-order valence-electron chi connectivity index (χ0n) is 14.5. The molecule has 2 heterocycles. The Balaban J connectivity index is 1.57. The summed E-state index contributed by atoms with van der Waals surface area (Å²) >= 11 is 0. The van der Waals surface area contributed by atoms with E-state index in [1.807, 2.05) is 0 Å². The molecule has 0 aliphatic heterocycles. The molecule has 0 saturated carbocycles. The van der Waals surface area contributed by atoms with Gasteiger partial charge in [-0.15, -0.1) is 0 Å². The van der Waals surface area contributed by atoms with E-state index < -0.39 is 17.5 Å². The number of pyridine rings is 1. The summed E-state index contributed by atoms with van der Waals surface area (Å²) < 4.78 is 26.6. The number of nitrogens with zero attached hydrogens (tertiary/aromatic N) is 3. The Morgan fingerprint density at radius 2 is 1.71 bits per heavy atom. The van der Waals surface area contributed by atoms with Gasteiger partial charge in [-0.2, -0.15) is 0 Å². The van der Waals surface area contributed by atoms with Gasteiger partial charge in [-0.3, -0.25) is 19.6 Å². The number of benzene rings is 1. The standard InChI is InChI=1S/C19H15F2N5O2/c20-13-1-2-15(16(21)8-13)18(27)25-9-12-3-4-23-14(7-12)10-26-19(28)17-11-22-5-6-24-17/h1-8,11H,9-10H2,(H,25,27)(H,26,28). The number of amides is 2. The fraction of sp³-hybridized carbons (Fsp3) is 0.105. The first-order valence-electron chi connectivity index (χ1n) is 8.24. The van der Waals surface area contributed by atoms with Crippen LogP contribution >= 0.6 is 0 Å². The molecule has 0 atom stereocenters. The van der Waals surface area contributed by atoms with Crippen LogP contribution in [-0.2, 0) is 13.1 Å². The van der Waals surface area contributed by atoms with Crippen LogP contribution in [0.3, 0.4) is 0 Å². The molecule has 2 N–H and O–H groups in total. The molecule has 0 spiro atoms. The van der Waals surface area contributed by atoms with Crippen LogP contribution < -0.4 is 10.6 Å². The van der Waals surface area contributed by atoms with Gasteiger partial charge in [-0.25, -0.2) is 13.8 Å². The highest BCUT2D eigenvalue weighted by Gasteiger charge is 2.12. The number of aromatic nitrogens is 3. The molecule has 28 heavy (non-hydrogen) atoms. The zero-order valence-corrected chi connectivity index (χ0v) is 14.5. The van der Waals surface area contributed by atoms with E-state index in [-0.39, 0.29) is 30.3 Å². The second kappa shape index (κ2) is 8.76. The number of halogens is 2. The van der Waals surface area contributed by atoms with E-state index in [2.05, 4.69) is 25.6 Å². The van der Waals surface area contributed by atoms with Gasteiger partial charge in [0.05, 0.1) is 24.0 Å². The molecule has 2 amide bonds. The van der Waals surface area contributed by atoms with Crippen molar-refractivity contribution in [1.82, 2.24) is 25.6 Å². The Kier molecular flexibility index (Phi) is 5.95. The summed E-state index contributed by atoms with van der Waals surface area (Å²) in [7, 11) is 0. The molecular weight excluding hydrogens is 368 g/mol. The van der Waals surface area contributed by atoms with Gasteiger partial charge in [-0.1, -0.05) is 0 Å². The molecule has 3 aromatic rings. The lowest BCUT2D eigenvalue weighted by Gasteiger charge is -2.08. The van der Waals surface area contributed by atoms with Crippen LogP contribution in [0.2, 0.25) is 0 Å². The summed E-state index contributed by atoms with van der Waals surface area (Å²) in [5.74, 6) is -2.73. The predicted octanol–water partition coefficient (Wildman–Crippen LogP) is 2.01. The lowest BCUT2D eigenvalue weighted by Crippen LogP contribution is -2.25. The molecule has 7 nitrogen and oxygen atoms in total. The van der Waals surface area contributed by atoms with Crippen molar-refractivity contribution in [3.63, 3.8) is 0 Å². The van der Waals surface area contributed by atoms with Crippen molar-refractivity contribution < 1.29 is 18.4 Å². The molecule has 2 aromatic heterocycles. The Hall–Kier alpha value is -3.75. The summed E-state index contributed by atoms with van der Waals surface area (Å²) in [6.07, 6.45) is 5.77. The van der Waals surface area contributed by atoms with Crippen LogP contribution in [0.5, 0.6) is 0 Å². The van der Waals surface area contributed by atoms with Crippen LogP contribution in [0.15, 0.2) is 55.1 Å². The van der Waals surface area contributed by atoms with Crippen molar-refractivity contribution in [2.24, 2.45) is 0 Å². The molecule has 1 aromatic carbocycles. The molecule has 0 aliphatic carbocycles. The van der Waals surface area contributed by atoms with Crippen LogP contribution in [0.25, 0.3) is 0 Å². The Bertz CT molecular complexity index is 999. The third kappa shape index (κ3) is 4.91. The molecule has 0 fully saturated rings. The van der Waals surface area contributed by atoms with E-state index in [1.165, 1.54) is 24.8 Å². The van der Waals surface area contributed by atoms with Gasteiger partial charge in [0.1, 0.15) is 17.3 Å². The fourth-order valence-electron chi connectivity index (χ4n) is 2.36. The Morgan fingerprint density at radius 1 is 0.893 bits per heavy atom. The van der Waals surface area contributed by atoms with E-state index in [1.54, 1.807) is 12.1 Å².